The largest absolute Gasteiger partial charge is 0.498 e. The summed E-state index contributed by atoms with van der Waals surface area (Å²) in [7, 11) is 2.63. The average Bonchev–Trinajstić information content (AvgIpc) is 2.22. The van der Waals surface area contributed by atoms with Gasteiger partial charge in [-0.2, -0.15) is 0 Å². The molecule has 0 aliphatic heterocycles. The Morgan fingerprint density at radius 1 is 1.14 bits per heavy atom. The Kier molecular flexibility index (Phi) is 5.85. The molecule has 0 aliphatic rings. The van der Waals surface area contributed by atoms with Crippen molar-refractivity contribution >= 4 is 11.9 Å². The molecule has 0 aromatic heterocycles. The van der Waals surface area contributed by atoms with Crippen LogP contribution in [0.5, 0.6) is 0 Å². The fourth-order valence-electron chi connectivity index (χ4n) is 0.463. The number of hydrogen-bond acceptors (Lipinski definition) is 5. The maximum Gasteiger partial charge on any atom is 0.331 e. The van der Waals surface area contributed by atoms with Crippen molar-refractivity contribution in [2.75, 3.05) is 20.8 Å². The van der Waals surface area contributed by atoms with Crippen LogP contribution in [0.2, 0.25) is 0 Å². The van der Waals surface area contributed by atoms with E-state index in [0.29, 0.717) is 5.76 Å². The first-order valence-corrected chi connectivity index (χ1v) is 3.74. The van der Waals surface area contributed by atoms with Crippen molar-refractivity contribution in [1.82, 2.24) is 0 Å². The van der Waals surface area contributed by atoms with Crippen molar-refractivity contribution in [1.29, 1.82) is 0 Å². The summed E-state index contributed by atoms with van der Waals surface area (Å²) in [4.78, 5) is 21.4. The zero-order chi connectivity index (χ0) is 11.0. The van der Waals surface area contributed by atoms with Gasteiger partial charge < -0.3 is 14.2 Å². The van der Waals surface area contributed by atoms with Gasteiger partial charge in [0.15, 0.2) is 0 Å². The highest BCUT2D eigenvalue weighted by molar-refractivity contribution is 5.91. The van der Waals surface area contributed by atoms with Crippen molar-refractivity contribution in [3.63, 3.8) is 0 Å². The van der Waals surface area contributed by atoms with Gasteiger partial charge in [-0.3, -0.25) is 0 Å². The summed E-state index contributed by atoms with van der Waals surface area (Å²) >= 11 is 0. The predicted octanol–water partition coefficient (Wildman–Crippen LogP) is 0.419. The Morgan fingerprint density at radius 3 is 2.21 bits per heavy atom. The van der Waals surface area contributed by atoms with E-state index in [9.17, 15) is 9.59 Å². The third kappa shape index (κ3) is 5.82. The minimum absolute atomic E-state index is 0.0408. The molecule has 0 radical (unpaired) electrons. The van der Waals surface area contributed by atoms with Crippen molar-refractivity contribution in [3.8, 4) is 0 Å². The Balaban J connectivity index is 3.81. The van der Waals surface area contributed by atoms with Gasteiger partial charge in [-0.05, 0) is 0 Å². The van der Waals surface area contributed by atoms with Crippen LogP contribution in [0.1, 0.15) is 0 Å². The van der Waals surface area contributed by atoms with E-state index in [-0.39, 0.29) is 6.61 Å². The molecule has 0 fully saturated rings. The first kappa shape index (κ1) is 12.2. The number of esters is 2. The highest BCUT2D eigenvalue weighted by Gasteiger charge is 2.00. The molecule has 0 atom stereocenters. The number of methoxy groups -OCH3 is 2. The Morgan fingerprint density at radius 2 is 1.71 bits per heavy atom. The molecule has 0 rings (SSSR count). The molecular weight excluding hydrogens is 188 g/mol. The van der Waals surface area contributed by atoms with E-state index < -0.39 is 11.9 Å². The second kappa shape index (κ2) is 6.71. The van der Waals surface area contributed by atoms with Gasteiger partial charge >= 0.3 is 11.9 Å². The normalized spacial score (nSPS) is 9.57. The van der Waals surface area contributed by atoms with Crippen LogP contribution in [0.3, 0.4) is 0 Å². The van der Waals surface area contributed by atoms with E-state index in [4.69, 9.17) is 0 Å². The Bertz CT molecular complexity index is 254. The van der Waals surface area contributed by atoms with E-state index in [1.807, 2.05) is 0 Å². The molecule has 0 aromatic carbocycles. The van der Waals surface area contributed by atoms with E-state index >= 15 is 0 Å². The third-order valence-electron chi connectivity index (χ3n) is 1.22. The molecular formula is C9H12O5. The lowest BCUT2D eigenvalue weighted by molar-refractivity contribution is -0.139. The van der Waals surface area contributed by atoms with Crippen molar-refractivity contribution in [2.24, 2.45) is 0 Å². The summed E-state index contributed by atoms with van der Waals surface area (Å²) < 4.78 is 13.6. The molecule has 0 aromatic rings. The first-order chi connectivity index (χ1) is 6.60. The van der Waals surface area contributed by atoms with Gasteiger partial charge in [0.05, 0.1) is 14.2 Å². The summed E-state index contributed by atoms with van der Waals surface area (Å²) in [6.07, 6.45) is 1.94. The molecule has 5 heteroatoms. The number of hydrogen-bond donors (Lipinski definition) is 0. The smallest absolute Gasteiger partial charge is 0.331 e. The van der Waals surface area contributed by atoms with Crippen LogP contribution in [-0.4, -0.2) is 32.8 Å². The molecule has 5 nitrogen and oxygen atoms in total. The third-order valence-corrected chi connectivity index (χ3v) is 1.22. The van der Waals surface area contributed by atoms with Crippen molar-refractivity contribution in [2.45, 2.75) is 0 Å². The van der Waals surface area contributed by atoms with Crippen LogP contribution < -0.4 is 0 Å². The van der Waals surface area contributed by atoms with Crippen LogP contribution in [-0.2, 0) is 23.8 Å². The molecule has 0 heterocycles. The predicted molar refractivity (Wildman–Crippen MR) is 48.3 cm³/mol. The molecule has 0 unspecified atom stereocenters. The van der Waals surface area contributed by atoms with Gasteiger partial charge in [-0.25, -0.2) is 9.59 Å². The molecule has 0 aliphatic carbocycles. The molecule has 14 heavy (non-hydrogen) atoms. The molecule has 0 amide bonds. The van der Waals surface area contributed by atoms with E-state index in [2.05, 4.69) is 20.8 Å². The van der Waals surface area contributed by atoms with Gasteiger partial charge in [0.2, 0.25) is 0 Å². The van der Waals surface area contributed by atoms with Gasteiger partial charge in [-0.1, -0.05) is 6.58 Å². The van der Waals surface area contributed by atoms with Crippen LogP contribution in [0.25, 0.3) is 0 Å². The second-order valence-corrected chi connectivity index (χ2v) is 2.21. The molecule has 0 saturated heterocycles. The minimum atomic E-state index is -0.659. The first-order valence-electron chi connectivity index (χ1n) is 3.74. The van der Waals surface area contributed by atoms with Crippen molar-refractivity contribution < 1.29 is 23.8 Å². The standard InChI is InChI=1S/C9H12O5/c1-7(12-2)6-14-9(11)5-4-8(10)13-3/h4-5H,1,6H2,2-3H3/b5-4-. The lowest BCUT2D eigenvalue weighted by Crippen LogP contribution is -2.06. The zero-order valence-electron chi connectivity index (χ0n) is 8.11. The highest BCUT2D eigenvalue weighted by atomic mass is 16.6. The topological polar surface area (TPSA) is 61.8 Å². The summed E-state index contributed by atoms with van der Waals surface area (Å²) in [6, 6.07) is 0. The quantitative estimate of drug-likeness (QED) is 0.365. The SMILES string of the molecule is C=C(COC(=O)/C=C\C(=O)OC)OC. The zero-order valence-corrected chi connectivity index (χ0v) is 8.11. The molecule has 0 saturated carbocycles. The van der Waals surface area contributed by atoms with Gasteiger partial charge in [0, 0.05) is 12.2 Å². The van der Waals surface area contributed by atoms with Crippen molar-refractivity contribution in [3.05, 3.63) is 24.5 Å². The van der Waals surface area contributed by atoms with Gasteiger partial charge in [0.1, 0.15) is 12.4 Å². The summed E-state index contributed by atoms with van der Waals surface area (Å²) in [6.45, 7) is 3.40. The van der Waals surface area contributed by atoms with Crippen LogP contribution in [0, 0.1) is 0 Å². The molecule has 0 N–H and O–H groups in total. The second-order valence-electron chi connectivity index (χ2n) is 2.21. The lowest BCUT2D eigenvalue weighted by Gasteiger charge is -2.03. The van der Waals surface area contributed by atoms with Gasteiger partial charge in [0.25, 0.3) is 0 Å². The van der Waals surface area contributed by atoms with Crippen LogP contribution in [0.15, 0.2) is 24.5 Å². The minimum Gasteiger partial charge on any atom is -0.498 e. The van der Waals surface area contributed by atoms with E-state index in [1.54, 1.807) is 0 Å². The molecule has 0 bridgehead atoms. The maximum absolute atomic E-state index is 10.9. The lowest BCUT2D eigenvalue weighted by atomic mass is 10.5. The molecule has 78 valence electrons. The van der Waals surface area contributed by atoms with Crippen LogP contribution in [0.4, 0.5) is 0 Å². The average molecular weight is 200 g/mol. The summed E-state index contributed by atoms with van der Waals surface area (Å²) in [5, 5.41) is 0. The highest BCUT2D eigenvalue weighted by Crippen LogP contribution is 1.92. The number of carbonyl (C=O) groups is 2. The summed E-state index contributed by atoms with van der Waals surface area (Å²) in [5.74, 6) is -0.953. The monoisotopic (exact) mass is 200 g/mol. The fraction of sp³-hybridized carbons (Fsp3) is 0.333. The van der Waals surface area contributed by atoms with Crippen LogP contribution >= 0.6 is 0 Å². The van der Waals surface area contributed by atoms with E-state index in [0.717, 1.165) is 12.2 Å². The summed E-state index contributed by atoms with van der Waals surface area (Å²) in [5.41, 5.74) is 0. The molecule has 0 spiro atoms. The fourth-order valence-corrected chi connectivity index (χ4v) is 0.463. The Hall–Kier alpha value is -1.78. The Labute approximate surface area is 81.9 Å². The maximum atomic E-state index is 10.9. The van der Waals surface area contributed by atoms with E-state index in [1.165, 1.54) is 14.2 Å². The number of carbonyl (C=O) groups excluding carboxylic acids is 2. The van der Waals surface area contributed by atoms with Gasteiger partial charge in [-0.15, -0.1) is 0 Å². The number of rotatable bonds is 5. The number of ether oxygens (including phenoxy) is 3.